The van der Waals surface area contributed by atoms with Crippen LogP contribution in [0.5, 0.6) is 0 Å². The van der Waals surface area contributed by atoms with Crippen LogP contribution in [0.4, 0.5) is 5.69 Å². The maximum absolute atomic E-state index is 13.9. The number of carbonyl (C=O) groups excluding carboxylic acids is 3. The van der Waals surface area contributed by atoms with Crippen molar-refractivity contribution >= 4 is 40.5 Å². The molecule has 3 heterocycles. The topological polar surface area (TPSA) is 66.9 Å². The summed E-state index contributed by atoms with van der Waals surface area (Å²) in [5.41, 5.74) is 3.42. The molecule has 2 aromatic carbocycles. The normalized spacial score (nSPS) is 25.6. The van der Waals surface area contributed by atoms with E-state index in [-0.39, 0.29) is 23.6 Å². The number of amides is 2. The minimum absolute atomic E-state index is 0.174. The molecular weight excluding hydrogens is 440 g/mol. The van der Waals surface area contributed by atoms with Gasteiger partial charge in [-0.05, 0) is 49.2 Å². The quantitative estimate of drug-likeness (QED) is 0.369. The Morgan fingerprint density at radius 3 is 2.45 bits per heavy atom. The average molecular weight is 465 g/mol. The Morgan fingerprint density at radius 2 is 1.73 bits per heavy atom. The lowest BCUT2D eigenvalue weighted by Crippen LogP contribution is -2.49. The minimum atomic E-state index is -0.768. The average Bonchev–Trinajstić information content (AvgIpc) is 3.28. The van der Waals surface area contributed by atoms with Gasteiger partial charge in [-0.2, -0.15) is 0 Å². The van der Waals surface area contributed by atoms with Gasteiger partial charge in [0.25, 0.3) is 0 Å². The zero-order valence-corrected chi connectivity index (χ0v) is 19.3. The Kier molecular flexibility index (Phi) is 5.59. The highest BCUT2D eigenvalue weighted by Gasteiger charge is 2.64. The SMILES string of the molecule is COCCCN1C(=O)[C@H]2[C@H](C1=O)[C@H](C(=O)c1ccc(Cl)cc1)N1c3ccccc3C(C)=C[C@H]21. The molecule has 3 aliphatic heterocycles. The zero-order valence-electron chi connectivity index (χ0n) is 18.5. The van der Waals surface area contributed by atoms with Crippen LogP contribution in [0.3, 0.4) is 0 Å². The van der Waals surface area contributed by atoms with Gasteiger partial charge in [-0.1, -0.05) is 35.9 Å². The fourth-order valence-corrected chi connectivity index (χ4v) is 5.66. The van der Waals surface area contributed by atoms with Gasteiger partial charge >= 0.3 is 0 Å². The molecule has 0 radical (unpaired) electrons. The Balaban J connectivity index is 1.61. The van der Waals surface area contributed by atoms with E-state index in [1.165, 1.54) is 4.90 Å². The van der Waals surface area contributed by atoms with E-state index >= 15 is 0 Å². The summed E-state index contributed by atoms with van der Waals surface area (Å²) in [7, 11) is 1.59. The van der Waals surface area contributed by atoms with Crippen molar-refractivity contribution in [2.75, 3.05) is 25.2 Å². The minimum Gasteiger partial charge on any atom is -0.385 e. The first-order valence-corrected chi connectivity index (χ1v) is 11.5. The molecule has 0 unspecified atom stereocenters. The number of anilines is 1. The number of ether oxygens (including phenoxy) is 1. The van der Waals surface area contributed by atoms with Crippen molar-refractivity contribution < 1.29 is 19.1 Å². The molecule has 0 spiro atoms. The number of Topliss-reactive ketones (excluding diaryl/α,β-unsaturated/α-hetero) is 1. The molecule has 170 valence electrons. The van der Waals surface area contributed by atoms with E-state index in [0.29, 0.717) is 30.2 Å². The first kappa shape index (κ1) is 21.9. The van der Waals surface area contributed by atoms with Crippen LogP contribution >= 0.6 is 11.6 Å². The van der Waals surface area contributed by atoms with Crippen molar-refractivity contribution in [3.8, 4) is 0 Å². The lowest BCUT2D eigenvalue weighted by Gasteiger charge is -2.38. The lowest BCUT2D eigenvalue weighted by molar-refractivity contribution is -0.140. The van der Waals surface area contributed by atoms with Crippen molar-refractivity contribution in [3.63, 3.8) is 0 Å². The highest BCUT2D eigenvalue weighted by Crippen LogP contribution is 2.50. The smallest absolute Gasteiger partial charge is 0.235 e. The predicted molar refractivity (Wildman–Crippen MR) is 126 cm³/mol. The molecule has 7 heteroatoms. The van der Waals surface area contributed by atoms with Crippen LogP contribution in [0.15, 0.2) is 54.6 Å². The monoisotopic (exact) mass is 464 g/mol. The van der Waals surface area contributed by atoms with E-state index in [1.54, 1.807) is 31.4 Å². The molecule has 4 atom stereocenters. The largest absolute Gasteiger partial charge is 0.385 e. The molecule has 0 aliphatic carbocycles. The predicted octanol–water partition coefficient (Wildman–Crippen LogP) is 3.83. The van der Waals surface area contributed by atoms with Gasteiger partial charge in [-0.15, -0.1) is 0 Å². The molecule has 0 saturated carbocycles. The number of benzene rings is 2. The lowest BCUT2D eigenvalue weighted by atomic mass is 9.85. The molecule has 6 nitrogen and oxygen atoms in total. The van der Waals surface area contributed by atoms with Crippen molar-refractivity contribution in [1.29, 1.82) is 0 Å². The van der Waals surface area contributed by atoms with Crippen LogP contribution in [0.25, 0.3) is 5.57 Å². The van der Waals surface area contributed by atoms with Crippen molar-refractivity contribution in [2.45, 2.75) is 25.4 Å². The molecule has 2 aromatic rings. The summed E-state index contributed by atoms with van der Waals surface area (Å²) in [6.07, 6.45) is 2.61. The molecule has 33 heavy (non-hydrogen) atoms. The van der Waals surface area contributed by atoms with E-state index in [0.717, 1.165) is 16.8 Å². The van der Waals surface area contributed by atoms with Gasteiger partial charge in [0.05, 0.1) is 17.9 Å². The molecule has 0 N–H and O–H groups in total. The summed E-state index contributed by atoms with van der Waals surface area (Å²) in [5.74, 6) is -1.97. The Bertz CT molecular complexity index is 1160. The van der Waals surface area contributed by atoms with E-state index in [9.17, 15) is 14.4 Å². The third-order valence-corrected chi connectivity index (χ3v) is 7.23. The van der Waals surface area contributed by atoms with Crippen LogP contribution in [0.1, 0.15) is 29.3 Å². The van der Waals surface area contributed by atoms with Crippen molar-refractivity contribution in [3.05, 3.63) is 70.8 Å². The zero-order chi connectivity index (χ0) is 23.3. The molecule has 2 amide bonds. The van der Waals surface area contributed by atoms with Gasteiger partial charge in [0.15, 0.2) is 5.78 Å². The highest BCUT2D eigenvalue weighted by molar-refractivity contribution is 6.30. The third kappa shape index (κ3) is 3.40. The summed E-state index contributed by atoms with van der Waals surface area (Å²) in [4.78, 5) is 44.3. The van der Waals surface area contributed by atoms with E-state index in [2.05, 4.69) is 0 Å². The molecular formula is C26H25ClN2O4. The summed E-state index contributed by atoms with van der Waals surface area (Å²) in [5, 5.41) is 0.534. The second kappa shape index (κ2) is 8.43. The Morgan fingerprint density at radius 1 is 1.03 bits per heavy atom. The number of para-hydroxylation sites is 1. The Labute approximate surface area is 197 Å². The first-order chi connectivity index (χ1) is 15.9. The van der Waals surface area contributed by atoms with Crippen LogP contribution in [-0.4, -0.2) is 54.8 Å². The summed E-state index contributed by atoms with van der Waals surface area (Å²) in [6, 6.07) is 13.4. The van der Waals surface area contributed by atoms with Gasteiger partial charge in [0.1, 0.15) is 6.04 Å². The molecule has 0 bridgehead atoms. The second-order valence-electron chi connectivity index (χ2n) is 8.81. The van der Waals surface area contributed by atoms with E-state index in [1.807, 2.05) is 42.2 Å². The van der Waals surface area contributed by atoms with E-state index < -0.39 is 17.9 Å². The van der Waals surface area contributed by atoms with Crippen LogP contribution < -0.4 is 4.90 Å². The van der Waals surface area contributed by atoms with Gasteiger partial charge in [-0.25, -0.2) is 0 Å². The van der Waals surface area contributed by atoms with Gasteiger partial charge < -0.3 is 9.64 Å². The maximum atomic E-state index is 13.9. The summed E-state index contributed by atoms with van der Waals surface area (Å²) in [6.45, 7) is 2.77. The number of methoxy groups -OCH3 is 1. The molecule has 2 fully saturated rings. The number of carbonyl (C=O) groups is 3. The number of halogens is 1. The van der Waals surface area contributed by atoms with E-state index in [4.69, 9.17) is 16.3 Å². The van der Waals surface area contributed by atoms with Crippen molar-refractivity contribution in [1.82, 2.24) is 4.90 Å². The fraction of sp³-hybridized carbons (Fsp3) is 0.346. The molecule has 0 aromatic heterocycles. The first-order valence-electron chi connectivity index (χ1n) is 11.1. The van der Waals surface area contributed by atoms with Gasteiger partial charge in [0.2, 0.25) is 11.8 Å². The molecule has 5 rings (SSSR count). The van der Waals surface area contributed by atoms with Crippen molar-refractivity contribution in [2.24, 2.45) is 11.8 Å². The van der Waals surface area contributed by atoms with Crippen LogP contribution in [-0.2, 0) is 14.3 Å². The summed E-state index contributed by atoms with van der Waals surface area (Å²) < 4.78 is 5.10. The number of imide groups is 1. The van der Waals surface area contributed by atoms with Crippen LogP contribution in [0.2, 0.25) is 5.02 Å². The number of ketones is 1. The molecule has 3 aliphatic rings. The number of nitrogens with zero attached hydrogens (tertiary/aromatic N) is 2. The maximum Gasteiger partial charge on any atom is 0.235 e. The Hall–Kier alpha value is -2.96. The third-order valence-electron chi connectivity index (χ3n) is 6.97. The number of likely N-dealkylation sites (tertiary alicyclic amines) is 1. The van der Waals surface area contributed by atoms with Gasteiger partial charge in [-0.3, -0.25) is 19.3 Å². The summed E-state index contributed by atoms with van der Waals surface area (Å²) >= 11 is 6.04. The van der Waals surface area contributed by atoms with Crippen LogP contribution in [0, 0.1) is 11.8 Å². The second-order valence-corrected chi connectivity index (χ2v) is 9.24. The fourth-order valence-electron chi connectivity index (χ4n) is 5.53. The van der Waals surface area contributed by atoms with Gasteiger partial charge in [0, 0.05) is 42.1 Å². The number of rotatable bonds is 6. The molecule has 2 saturated heterocycles. The standard InChI is InChI=1S/C26H25ClN2O4/c1-15-14-20-21-22(26(32)28(25(21)31)12-5-13-33-2)23(24(30)16-8-10-17(27)11-9-16)29(20)19-7-4-3-6-18(15)19/h3-4,6-11,14,20-23H,5,12-13H2,1-2H3/t20-,21-,22+,23-/m1/s1. The number of fused-ring (bicyclic) bond motifs is 5. The number of hydrogen-bond acceptors (Lipinski definition) is 5. The number of allylic oxidation sites excluding steroid dienone is 1. The highest BCUT2D eigenvalue weighted by atomic mass is 35.5. The number of hydrogen-bond donors (Lipinski definition) is 0.